The highest BCUT2D eigenvalue weighted by Gasteiger charge is 2.11. The van der Waals surface area contributed by atoms with Crippen LogP contribution in [0.5, 0.6) is 0 Å². The Morgan fingerprint density at radius 3 is 2.58 bits per heavy atom. The van der Waals surface area contributed by atoms with Gasteiger partial charge in [-0.25, -0.2) is 4.39 Å². The zero-order chi connectivity index (χ0) is 14.0. The van der Waals surface area contributed by atoms with Crippen molar-refractivity contribution in [2.45, 2.75) is 13.8 Å². The summed E-state index contributed by atoms with van der Waals surface area (Å²) >= 11 is 0. The fourth-order valence-corrected chi connectivity index (χ4v) is 1.82. The van der Waals surface area contributed by atoms with Gasteiger partial charge in [0.2, 0.25) is 0 Å². The van der Waals surface area contributed by atoms with Crippen LogP contribution in [0.4, 0.5) is 15.8 Å². The van der Waals surface area contributed by atoms with Crippen molar-refractivity contribution in [3.8, 4) is 0 Å². The van der Waals surface area contributed by atoms with E-state index in [1.807, 2.05) is 13.0 Å². The number of hydrogen-bond acceptors (Lipinski definition) is 2. The Balaban J connectivity index is 2.28. The van der Waals surface area contributed by atoms with E-state index >= 15 is 0 Å². The number of anilines is 2. The number of benzene rings is 2. The molecule has 0 saturated carbocycles. The Bertz CT molecular complexity index is 638. The topological polar surface area (TPSA) is 55.1 Å². The number of amides is 1. The molecule has 2 rings (SSSR count). The number of nitrogens with one attached hydrogen (secondary N) is 1. The molecule has 0 aliphatic carbocycles. The van der Waals surface area contributed by atoms with Crippen molar-refractivity contribution in [1.29, 1.82) is 0 Å². The van der Waals surface area contributed by atoms with E-state index in [9.17, 15) is 9.18 Å². The van der Waals surface area contributed by atoms with Crippen LogP contribution in [0, 0.1) is 19.7 Å². The monoisotopic (exact) mass is 258 g/mol. The summed E-state index contributed by atoms with van der Waals surface area (Å²) in [5, 5.41) is 2.69. The summed E-state index contributed by atoms with van der Waals surface area (Å²) in [6.45, 7) is 3.67. The van der Waals surface area contributed by atoms with Crippen LogP contribution >= 0.6 is 0 Å². The molecular weight excluding hydrogens is 243 g/mol. The summed E-state index contributed by atoms with van der Waals surface area (Å²) in [4.78, 5) is 12.1. The number of nitrogens with two attached hydrogens (primary N) is 1. The van der Waals surface area contributed by atoms with Gasteiger partial charge >= 0.3 is 0 Å². The fourth-order valence-electron chi connectivity index (χ4n) is 1.82. The van der Waals surface area contributed by atoms with E-state index in [2.05, 4.69) is 5.32 Å². The van der Waals surface area contributed by atoms with Gasteiger partial charge in [-0.3, -0.25) is 4.79 Å². The van der Waals surface area contributed by atoms with Gasteiger partial charge in [-0.05, 0) is 49.2 Å². The third-order valence-electron chi connectivity index (χ3n) is 2.90. The van der Waals surface area contributed by atoms with Crippen molar-refractivity contribution in [2.24, 2.45) is 0 Å². The first-order valence-corrected chi connectivity index (χ1v) is 5.91. The molecule has 98 valence electrons. The molecule has 3 N–H and O–H groups in total. The van der Waals surface area contributed by atoms with Gasteiger partial charge in [-0.15, -0.1) is 0 Å². The predicted octanol–water partition coefficient (Wildman–Crippen LogP) is 3.28. The van der Waals surface area contributed by atoms with Gasteiger partial charge in [-0.2, -0.15) is 0 Å². The number of carbonyl (C=O) groups excluding carboxylic acids is 1. The minimum absolute atomic E-state index is 0.306. The molecule has 19 heavy (non-hydrogen) atoms. The van der Waals surface area contributed by atoms with Gasteiger partial charge in [0.15, 0.2) is 0 Å². The lowest BCUT2D eigenvalue weighted by Crippen LogP contribution is -2.14. The van der Waals surface area contributed by atoms with Gasteiger partial charge in [-0.1, -0.05) is 12.1 Å². The number of carbonyl (C=O) groups is 1. The third kappa shape index (κ3) is 2.91. The van der Waals surface area contributed by atoms with Gasteiger partial charge in [0, 0.05) is 5.56 Å². The van der Waals surface area contributed by atoms with E-state index in [4.69, 9.17) is 5.73 Å². The lowest BCUT2D eigenvalue weighted by Gasteiger charge is -2.10. The van der Waals surface area contributed by atoms with Crippen LogP contribution in [0.2, 0.25) is 0 Å². The molecule has 2 aromatic rings. The normalized spacial score (nSPS) is 10.3. The summed E-state index contributed by atoms with van der Waals surface area (Å²) in [6.07, 6.45) is 0. The summed E-state index contributed by atoms with van der Waals surface area (Å²) in [6, 6.07) is 9.47. The molecule has 1 amide bonds. The number of aryl methyl sites for hydroxylation is 2. The van der Waals surface area contributed by atoms with Gasteiger partial charge < -0.3 is 11.1 Å². The molecule has 0 heterocycles. The lowest BCUT2D eigenvalue weighted by atomic mass is 10.1. The predicted molar refractivity (Wildman–Crippen MR) is 74.7 cm³/mol. The maximum absolute atomic E-state index is 13.2. The molecular formula is C15H15FN2O. The molecule has 0 aromatic heterocycles. The molecule has 0 unspecified atom stereocenters. The second kappa shape index (κ2) is 5.10. The van der Waals surface area contributed by atoms with Crippen LogP contribution in [0.3, 0.4) is 0 Å². The highest BCUT2D eigenvalue weighted by atomic mass is 19.1. The summed E-state index contributed by atoms with van der Waals surface area (Å²) in [5.41, 5.74) is 8.87. The van der Waals surface area contributed by atoms with Crippen LogP contribution < -0.4 is 11.1 Å². The molecule has 3 nitrogen and oxygen atoms in total. The lowest BCUT2D eigenvalue weighted by molar-refractivity contribution is 0.102. The Kier molecular flexibility index (Phi) is 3.51. The molecule has 0 atom stereocenters. The maximum atomic E-state index is 13.2. The molecule has 0 aliphatic rings. The molecule has 2 aromatic carbocycles. The van der Waals surface area contributed by atoms with Gasteiger partial charge in [0.25, 0.3) is 5.91 Å². The van der Waals surface area contributed by atoms with E-state index in [0.29, 0.717) is 22.5 Å². The Morgan fingerprint density at radius 2 is 1.89 bits per heavy atom. The van der Waals surface area contributed by atoms with E-state index < -0.39 is 5.82 Å². The van der Waals surface area contributed by atoms with Crippen molar-refractivity contribution in [3.05, 3.63) is 58.9 Å². The largest absolute Gasteiger partial charge is 0.397 e. The highest BCUT2D eigenvalue weighted by molar-refractivity contribution is 6.06. The zero-order valence-corrected chi connectivity index (χ0v) is 10.8. The van der Waals surface area contributed by atoms with Gasteiger partial charge in [0.05, 0.1) is 11.4 Å². The number of nitrogen functional groups attached to an aromatic ring is 1. The average Bonchev–Trinajstić information content (AvgIpc) is 2.35. The van der Waals surface area contributed by atoms with Crippen LogP contribution in [0.15, 0.2) is 36.4 Å². The van der Waals surface area contributed by atoms with Crippen LogP contribution in [0.1, 0.15) is 21.5 Å². The number of rotatable bonds is 2. The minimum atomic E-state index is -0.437. The van der Waals surface area contributed by atoms with Crippen molar-refractivity contribution in [3.63, 3.8) is 0 Å². The summed E-state index contributed by atoms with van der Waals surface area (Å²) in [5.74, 6) is -0.805. The Morgan fingerprint density at radius 1 is 1.16 bits per heavy atom. The standard InChI is InChI=1S/C15H15FN2O/c1-9-3-6-14(13(17)7-9)18-15(19)12-8-11(16)5-4-10(12)2/h3-8H,17H2,1-2H3,(H,18,19). The first-order chi connectivity index (χ1) is 8.97. The van der Waals surface area contributed by atoms with Crippen LogP contribution in [-0.2, 0) is 0 Å². The Hall–Kier alpha value is -2.36. The van der Waals surface area contributed by atoms with Crippen molar-refractivity contribution >= 4 is 17.3 Å². The summed E-state index contributed by atoms with van der Waals surface area (Å²) in [7, 11) is 0. The zero-order valence-electron chi connectivity index (χ0n) is 10.8. The van der Waals surface area contributed by atoms with Crippen LogP contribution in [-0.4, -0.2) is 5.91 Å². The van der Waals surface area contributed by atoms with E-state index in [1.165, 1.54) is 12.1 Å². The highest BCUT2D eigenvalue weighted by Crippen LogP contribution is 2.21. The SMILES string of the molecule is Cc1ccc(NC(=O)c2cc(F)ccc2C)c(N)c1. The molecule has 0 fully saturated rings. The molecule has 0 bridgehead atoms. The first kappa shape index (κ1) is 13.1. The van der Waals surface area contributed by atoms with E-state index in [0.717, 1.165) is 5.56 Å². The quantitative estimate of drug-likeness (QED) is 0.812. The molecule has 0 radical (unpaired) electrons. The smallest absolute Gasteiger partial charge is 0.256 e. The first-order valence-electron chi connectivity index (χ1n) is 5.91. The minimum Gasteiger partial charge on any atom is -0.397 e. The second-order valence-corrected chi connectivity index (χ2v) is 4.50. The average molecular weight is 258 g/mol. The molecule has 0 saturated heterocycles. The Labute approximate surface area is 111 Å². The van der Waals surface area contributed by atoms with Crippen molar-refractivity contribution in [1.82, 2.24) is 0 Å². The number of halogens is 1. The maximum Gasteiger partial charge on any atom is 0.256 e. The van der Waals surface area contributed by atoms with Crippen molar-refractivity contribution < 1.29 is 9.18 Å². The van der Waals surface area contributed by atoms with Crippen molar-refractivity contribution in [2.75, 3.05) is 11.1 Å². The van der Waals surface area contributed by atoms with Gasteiger partial charge in [0.1, 0.15) is 5.82 Å². The molecule has 0 spiro atoms. The van der Waals surface area contributed by atoms with E-state index in [-0.39, 0.29) is 5.91 Å². The number of hydrogen-bond donors (Lipinski definition) is 2. The fraction of sp³-hybridized carbons (Fsp3) is 0.133. The molecule has 4 heteroatoms. The third-order valence-corrected chi connectivity index (χ3v) is 2.90. The molecule has 0 aliphatic heterocycles. The van der Waals surface area contributed by atoms with E-state index in [1.54, 1.807) is 25.1 Å². The second-order valence-electron chi connectivity index (χ2n) is 4.50. The summed E-state index contributed by atoms with van der Waals surface area (Å²) < 4.78 is 13.2. The van der Waals surface area contributed by atoms with Crippen LogP contribution in [0.25, 0.3) is 0 Å².